The Labute approximate surface area is 101 Å². The Hall–Kier alpha value is -1.58. The molecule has 108 valence electrons. The molecule has 0 spiro atoms. The molecular formula is C9H5F8NO. The maximum absolute atomic E-state index is 13.0. The fourth-order valence-corrected chi connectivity index (χ4v) is 1.10. The van der Waals surface area contributed by atoms with E-state index in [0.29, 0.717) is 0 Å². The van der Waals surface area contributed by atoms with Gasteiger partial charge in [0, 0.05) is 6.54 Å². The largest absolute Gasteiger partial charge is 0.522 e. The highest BCUT2D eigenvalue weighted by molar-refractivity contribution is 5.47. The topological polar surface area (TPSA) is 21.3 Å². The number of halogens is 8. The monoisotopic (exact) mass is 295 g/mol. The summed E-state index contributed by atoms with van der Waals surface area (Å²) in [6, 6.07) is 0. The molecule has 0 bridgehead atoms. The van der Waals surface area contributed by atoms with Gasteiger partial charge in [-0.1, -0.05) is 0 Å². The Balaban J connectivity index is 2.80. The van der Waals surface area contributed by atoms with E-state index >= 15 is 0 Å². The van der Waals surface area contributed by atoms with Crippen LogP contribution in [-0.4, -0.2) is 19.5 Å². The normalized spacial score (nSPS) is 11.8. The first-order valence-electron chi connectivity index (χ1n) is 4.61. The predicted molar refractivity (Wildman–Crippen MR) is 46.7 cm³/mol. The fraction of sp³-hybridized carbons (Fsp3) is 0.333. The van der Waals surface area contributed by atoms with Gasteiger partial charge >= 0.3 is 6.36 Å². The molecule has 0 radical (unpaired) electrons. The average Bonchev–Trinajstić information content (AvgIpc) is 2.32. The van der Waals surface area contributed by atoms with Crippen LogP contribution in [0.3, 0.4) is 0 Å². The lowest BCUT2D eigenvalue weighted by molar-refractivity contribution is -0.322. The van der Waals surface area contributed by atoms with Crippen molar-refractivity contribution in [3.63, 3.8) is 0 Å². The van der Waals surface area contributed by atoms with Crippen molar-refractivity contribution in [3.8, 4) is 0 Å². The Morgan fingerprint density at radius 2 is 1.21 bits per heavy atom. The molecule has 2 nitrogen and oxygen atoms in total. The minimum atomic E-state index is -4.96. The molecule has 0 saturated carbocycles. The molecule has 1 aromatic rings. The molecule has 0 unspecified atom stereocenters. The molecule has 1 N–H and O–H groups in total. The van der Waals surface area contributed by atoms with Crippen molar-refractivity contribution in [2.45, 2.75) is 6.36 Å². The molecule has 0 amide bonds. The zero-order valence-corrected chi connectivity index (χ0v) is 8.85. The Kier molecular flexibility index (Phi) is 4.56. The second-order valence-corrected chi connectivity index (χ2v) is 3.17. The first-order valence-corrected chi connectivity index (χ1v) is 4.61. The number of hydrogen-bond acceptors (Lipinski definition) is 2. The summed E-state index contributed by atoms with van der Waals surface area (Å²) < 4.78 is 102. The Bertz CT molecular complexity index is 443. The minimum absolute atomic E-state index is 0.808. The van der Waals surface area contributed by atoms with Crippen molar-refractivity contribution >= 4 is 5.69 Å². The van der Waals surface area contributed by atoms with E-state index in [1.807, 2.05) is 0 Å². The van der Waals surface area contributed by atoms with E-state index in [0.717, 1.165) is 0 Å². The second-order valence-electron chi connectivity index (χ2n) is 3.17. The molecule has 0 aliphatic carbocycles. The van der Waals surface area contributed by atoms with E-state index in [9.17, 15) is 35.1 Å². The van der Waals surface area contributed by atoms with Gasteiger partial charge in [-0.2, -0.15) is 0 Å². The highest BCUT2D eigenvalue weighted by Crippen LogP contribution is 2.27. The van der Waals surface area contributed by atoms with Crippen molar-refractivity contribution < 1.29 is 39.9 Å². The van der Waals surface area contributed by atoms with Gasteiger partial charge in [0.15, 0.2) is 23.3 Å². The third-order valence-electron chi connectivity index (χ3n) is 1.88. The van der Waals surface area contributed by atoms with Gasteiger partial charge < -0.3 is 5.32 Å². The van der Waals surface area contributed by atoms with Crippen molar-refractivity contribution in [1.29, 1.82) is 0 Å². The van der Waals surface area contributed by atoms with Crippen LogP contribution in [0.2, 0.25) is 0 Å². The summed E-state index contributed by atoms with van der Waals surface area (Å²) in [5.74, 6) is -11.1. The molecule has 0 aliphatic rings. The number of rotatable bonds is 4. The first kappa shape index (κ1) is 15.5. The molecule has 19 heavy (non-hydrogen) atoms. The van der Waals surface area contributed by atoms with Crippen molar-refractivity contribution in [3.05, 3.63) is 29.1 Å². The van der Waals surface area contributed by atoms with E-state index in [-0.39, 0.29) is 0 Å². The van der Waals surface area contributed by atoms with Gasteiger partial charge in [-0.25, -0.2) is 22.0 Å². The standard InChI is InChI=1S/C9H5F8NO/c10-3-4(11)6(13)8(7(14)5(3)12)18-1-2-19-9(15,16)17/h18H,1-2H2. The highest BCUT2D eigenvalue weighted by Gasteiger charge is 2.29. The summed E-state index contributed by atoms with van der Waals surface area (Å²) in [4.78, 5) is 0. The van der Waals surface area contributed by atoms with E-state index < -0.39 is 54.3 Å². The van der Waals surface area contributed by atoms with Gasteiger partial charge in [-0.15, -0.1) is 13.2 Å². The van der Waals surface area contributed by atoms with Crippen LogP contribution in [0.1, 0.15) is 0 Å². The number of ether oxygens (including phenoxy) is 1. The van der Waals surface area contributed by atoms with Gasteiger partial charge in [0.1, 0.15) is 5.69 Å². The van der Waals surface area contributed by atoms with Crippen molar-refractivity contribution in [2.75, 3.05) is 18.5 Å². The highest BCUT2D eigenvalue weighted by atomic mass is 19.4. The lowest BCUT2D eigenvalue weighted by atomic mass is 10.2. The summed E-state index contributed by atoms with van der Waals surface area (Å²) >= 11 is 0. The molecule has 0 aliphatic heterocycles. The van der Waals surface area contributed by atoms with Crippen LogP contribution in [0, 0.1) is 29.1 Å². The molecule has 1 rings (SSSR count). The smallest absolute Gasteiger partial charge is 0.378 e. The summed E-state index contributed by atoms with van der Waals surface area (Å²) in [5, 5.41) is 1.64. The SMILES string of the molecule is Fc1c(F)c(F)c(NCCOC(F)(F)F)c(F)c1F. The van der Waals surface area contributed by atoms with Crippen LogP contribution in [-0.2, 0) is 4.74 Å². The third-order valence-corrected chi connectivity index (χ3v) is 1.88. The van der Waals surface area contributed by atoms with E-state index in [4.69, 9.17) is 0 Å². The number of alkyl halides is 3. The molecular weight excluding hydrogens is 290 g/mol. The van der Waals surface area contributed by atoms with Crippen molar-refractivity contribution in [1.82, 2.24) is 0 Å². The number of nitrogens with one attached hydrogen (secondary N) is 1. The van der Waals surface area contributed by atoms with Crippen LogP contribution in [0.15, 0.2) is 0 Å². The lowest BCUT2D eigenvalue weighted by Crippen LogP contribution is -2.20. The predicted octanol–water partition coefficient (Wildman–Crippen LogP) is 3.33. The van der Waals surface area contributed by atoms with Crippen molar-refractivity contribution in [2.24, 2.45) is 0 Å². The number of anilines is 1. The molecule has 0 heterocycles. The third kappa shape index (κ3) is 3.69. The molecule has 0 saturated heterocycles. The lowest BCUT2D eigenvalue weighted by Gasteiger charge is -2.11. The maximum atomic E-state index is 13.0. The zero-order chi connectivity index (χ0) is 14.8. The average molecular weight is 295 g/mol. The maximum Gasteiger partial charge on any atom is 0.522 e. The van der Waals surface area contributed by atoms with E-state index in [2.05, 4.69) is 4.74 Å². The molecule has 0 aromatic heterocycles. The van der Waals surface area contributed by atoms with Crippen LogP contribution in [0.25, 0.3) is 0 Å². The van der Waals surface area contributed by atoms with Gasteiger partial charge in [-0.05, 0) is 0 Å². The van der Waals surface area contributed by atoms with E-state index in [1.54, 1.807) is 5.32 Å². The Morgan fingerprint density at radius 3 is 1.63 bits per heavy atom. The zero-order valence-electron chi connectivity index (χ0n) is 8.85. The molecule has 0 fully saturated rings. The molecule has 1 aromatic carbocycles. The second kappa shape index (κ2) is 5.59. The van der Waals surface area contributed by atoms with Gasteiger partial charge in [0.2, 0.25) is 5.82 Å². The van der Waals surface area contributed by atoms with Gasteiger partial charge in [0.05, 0.1) is 6.61 Å². The summed E-state index contributed by atoms with van der Waals surface area (Å²) in [7, 11) is 0. The van der Waals surface area contributed by atoms with Crippen LogP contribution >= 0.6 is 0 Å². The minimum Gasteiger partial charge on any atom is -0.378 e. The number of benzene rings is 1. The summed E-state index contributed by atoms with van der Waals surface area (Å²) in [5.41, 5.74) is -1.41. The molecule has 0 atom stereocenters. The summed E-state index contributed by atoms with van der Waals surface area (Å²) in [6.07, 6.45) is -4.96. The summed E-state index contributed by atoms with van der Waals surface area (Å²) in [6.45, 7) is -1.87. The van der Waals surface area contributed by atoms with Gasteiger partial charge in [-0.3, -0.25) is 4.74 Å². The van der Waals surface area contributed by atoms with Gasteiger partial charge in [0.25, 0.3) is 0 Å². The fourth-order valence-electron chi connectivity index (χ4n) is 1.10. The van der Waals surface area contributed by atoms with E-state index in [1.165, 1.54) is 0 Å². The quantitative estimate of drug-likeness (QED) is 0.398. The van der Waals surface area contributed by atoms with Crippen LogP contribution in [0.4, 0.5) is 40.8 Å². The first-order chi connectivity index (χ1) is 8.65. The van der Waals surface area contributed by atoms with Crippen LogP contribution in [0.5, 0.6) is 0 Å². The van der Waals surface area contributed by atoms with Crippen LogP contribution < -0.4 is 5.32 Å². The molecule has 10 heteroatoms. The number of hydrogen-bond donors (Lipinski definition) is 1. The Morgan fingerprint density at radius 1 is 0.789 bits per heavy atom.